The van der Waals surface area contributed by atoms with E-state index < -0.39 is 14.7 Å². The zero-order valence-electron chi connectivity index (χ0n) is 10.4. The Hall–Kier alpha value is 0.258. The first-order chi connectivity index (χ1) is 7.35. The van der Waals surface area contributed by atoms with E-state index in [-0.39, 0.29) is 6.61 Å². The van der Waals surface area contributed by atoms with Crippen molar-refractivity contribution < 1.29 is 5.11 Å². The van der Waals surface area contributed by atoms with Crippen LogP contribution in [0.25, 0.3) is 0 Å². The molecule has 0 unspecified atom stereocenters. The molecule has 90 valence electrons. The number of unbranched alkanes of at least 4 members (excludes halogenated alkanes) is 4. The van der Waals surface area contributed by atoms with E-state index in [2.05, 4.69) is 18.7 Å². The summed E-state index contributed by atoms with van der Waals surface area (Å²) in [7, 11) is 0. The topological polar surface area (TPSA) is 20.2 Å². The molecule has 0 bridgehead atoms. The first-order valence-electron chi connectivity index (χ1n) is 6.36. The van der Waals surface area contributed by atoms with Gasteiger partial charge in [0.2, 0.25) is 0 Å². The molecule has 0 aliphatic rings. The van der Waals surface area contributed by atoms with E-state index >= 15 is 0 Å². The molecule has 1 nitrogen and oxygen atoms in total. The van der Waals surface area contributed by atoms with E-state index in [1.165, 1.54) is 48.9 Å². The second-order valence-electron chi connectivity index (χ2n) is 4.02. The maximum atomic E-state index is 8.79. The molecule has 0 aromatic carbocycles. The van der Waals surface area contributed by atoms with Crippen molar-refractivity contribution in [3.63, 3.8) is 0 Å². The quantitative estimate of drug-likeness (QED) is 0.472. The van der Waals surface area contributed by atoms with Crippen LogP contribution in [0.1, 0.15) is 52.4 Å². The molecule has 0 saturated carbocycles. The molecule has 0 saturated heterocycles. The predicted octanol–water partition coefficient (Wildman–Crippen LogP) is 3.95. The van der Waals surface area contributed by atoms with Crippen LogP contribution in [0, 0.1) is 0 Å². The summed E-state index contributed by atoms with van der Waals surface area (Å²) in [4.78, 5) is 2.36. The molecular weight excluding hydrogens is 247 g/mol. The predicted molar refractivity (Wildman–Crippen MR) is 70.6 cm³/mol. The van der Waals surface area contributed by atoms with Crippen molar-refractivity contribution in [1.82, 2.24) is 0 Å². The SMILES string of the molecule is CCCCC[As](/C=C/CO)CCCCC. The Morgan fingerprint density at radius 1 is 0.933 bits per heavy atom. The van der Waals surface area contributed by atoms with Crippen molar-refractivity contribution in [2.75, 3.05) is 6.61 Å². The van der Waals surface area contributed by atoms with Crippen LogP contribution in [0.5, 0.6) is 0 Å². The monoisotopic (exact) mass is 274 g/mol. The average molecular weight is 274 g/mol. The molecule has 0 spiro atoms. The maximum absolute atomic E-state index is 8.79. The van der Waals surface area contributed by atoms with Crippen LogP contribution in [-0.4, -0.2) is 26.4 Å². The summed E-state index contributed by atoms with van der Waals surface area (Å²) in [6.45, 7) is 4.75. The molecule has 0 aromatic rings. The van der Waals surface area contributed by atoms with Gasteiger partial charge in [0.15, 0.2) is 0 Å². The van der Waals surface area contributed by atoms with Gasteiger partial charge < -0.3 is 0 Å². The Morgan fingerprint density at radius 3 is 1.87 bits per heavy atom. The van der Waals surface area contributed by atoms with Crippen molar-refractivity contribution in [3.8, 4) is 0 Å². The first-order valence-corrected chi connectivity index (χ1v) is 10.1. The third kappa shape index (κ3) is 10.5. The van der Waals surface area contributed by atoms with Gasteiger partial charge in [-0.15, -0.1) is 0 Å². The van der Waals surface area contributed by atoms with Gasteiger partial charge in [-0.3, -0.25) is 0 Å². The van der Waals surface area contributed by atoms with Crippen molar-refractivity contribution in [3.05, 3.63) is 10.9 Å². The molecule has 15 heavy (non-hydrogen) atoms. The second-order valence-corrected chi connectivity index (χ2v) is 8.99. The Bertz CT molecular complexity index is 135. The van der Waals surface area contributed by atoms with Gasteiger partial charge in [-0.1, -0.05) is 0 Å². The van der Waals surface area contributed by atoms with Crippen LogP contribution in [-0.2, 0) is 0 Å². The van der Waals surface area contributed by atoms with Gasteiger partial charge in [-0.25, -0.2) is 0 Å². The molecule has 0 aromatic heterocycles. The standard InChI is InChI=1S/C13H27AsO/c1-3-5-7-10-14(12-9-13-15)11-8-6-4-2/h9,12,15H,3-8,10-11,13H2,1-2H3/b12-9+. The summed E-state index contributed by atoms with van der Waals surface area (Å²) in [5.74, 6) is 0. The number of hydrogen-bond acceptors (Lipinski definition) is 1. The average Bonchev–Trinajstić information content (AvgIpc) is 2.25. The van der Waals surface area contributed by atoms with E-state index in [1.54, 1.807) is 0 Å². The fraction of sp³-hybridized carbons (Fsp3) is 0.846. The Labute approximate surface area is 100 Å². The van der Waals surface area contributed by atoms with E-state index in [1.807, 2.05) is 6.08 Å². The van der Waals surface area contributed by atoms with Gasteiger partial charge in [-0.05, 0) is 0 Å². The van der Waals surface area contributed by atoms with Crippen LogP contribution in [0.15, 0.2) is 10.9 Å². The summed E-state index contributed by atoms with van der Waals surface area (Å²) in [5.41, 5.74) is 0. The normalized spacial score (nSPS) is 11.7. The first kappa shape index (κ1) is 15.3. The molecule has 0 heterocycles. The van der Waals surface area contributed by atoms with E-state index in [4.69, 9.17) is 5.11 Å². The summed E-state index contributed by atoms with van der Waals surface area (Å²) < 4.78 is 0. The number of aliphatic hydroxyl groups is 1. The van der Waals surface area contributed by atoms with Gasteiger partial charge in [-0.2, -0.15) is 0 Å². The summed E-state index contributed by atoms with van der Waals surface area (Å²) >= 11 is -0.723. The summed E-state index contributed by atoms with van der Waals surface area (Å²) in [6.07, 6.45) is 10.2. The summed E-state index contributed by atoms with van der Waals surface area (Å²) in [6, 6.07) is 0. The minimum atomic E-state index is -0.723. The zero-order valence-corrected chi connectivity index (χ0v) is 12.3. The number of aliphatic hydroxyl groups excluding tert-OH is 1. The van der Waals surface area contributed by atoms with Gasteiger partial charge >= 0.3 is 100 Å². The molecular formula is C13H27AsO. The second kappa shape index (κ2) is 12.3. The van der Waals surface area contributed by atoms with Crippen LogP contribution >= 0.6 is 0 Å². The van der Waals surface area contributed by atoms with Crippen molar-refractivity contribution in [1.29, 1.82) is 0 Å². The van der Waals surface area contributed by atoms with E-state index in [0.29, 0.717) is 0 Å². The molecule has 2 heteroatoms. The van der Waals surface area contributed by atoms with Crippen molar-refractivity contribution in [2.45, 2.75) is 62.8 Å². The molecule has 0 aliphatic heterocycles. The Kier molecular flexibility index (Phi) is 12.5. The third-order valence-electron chi connectivity index (χ3n) is 2.52. The Morgan fingerprint density at radius 2 is 1.47 bits per heavy atom. The fourth-order valence-corrected chi connectivity index (χ4v) is 6.15. The molecule has 0 aliphatic carbocycles. The number of hydrogen-bond donors (Lipinski definition) is 1. The van der Waals surface area contributed by atoms with Gasteiger partial charge in [0, 0.05) is 0 Å². The van der Waals surface area contributed by atoms with Crippen molar-refractivity contribution in [2.24, 2.45) is 0 Å². The minimum absolute atomic E-state index is 0.229. The van der Waals surface area contributed by atoms with Crippen LogP contribution in [0.2, 0.25) is 10.4 Å². The molecule has 0 fully saturated rings. The van der Waals surface area contributed by atoms with Crippen molar-refractivity contribution >= 4 is 14.7 Å². The molecule has 0 atom stereocenters. The Balaban J connectivity index is 3.68. The van der Waals surface area contributed by atoms with Gasteiger partial charge in [0.1, 0.15) is 0 Å². The van der Waals surface area contributed by atoms with E-state index in [0.717, 1.165) is 0 Å². The molecule has 0 amide bonds. The molecule has 1 N–H and O–H groups in total. The van der Waals surface area contributed by atoms with Crippen LogP contribution < -0.4 is 0 Å². The van der Waals surface area contributed by atoms with E-state index in [9.17, 15) is 0 Å². The molecule has 0 rings (SSSR count). The molecule has 0 radical (unpaired) electrons. The fourth-order valence-electron chi connectivity index (χ4n) is 1.59. The summed E-state index contributed by atoms with van der Waals surface area (Å²) in [5, 5.41) is 11.7. The van der Waals surface area contributed by atoms with Gasteiger partial charge in [0.25, 0.3) is 0 Å². The van der Waals surface area contributed by atoms with Gasteiger partial charge in [0.05, 0.1) is 0 Å². The van der Waals surface area contributed by atoms with Crippen LogP contribution in [0.3, 0.4) is 0 Å². The number of rotatable bonds is 10. The van der Waals surface area contributed by atoms with Crippen LogP contribution in [0.4, 0.5) is 0 Å². The zero-order chi connectivity index (χ0) is 11.4. The third-order valence-corrected chi connectivity index (χ3v) is 7.58.